The van der Waals surface area contributed by atoms with Crippen molar-refractivity contribution < 1.29 is 0 Å². The molecule has 0 aromatic carbocycles. The number of hydrogen-bond donors (Lipinski definition) is 1. The number of nitrogens with zero attached hydrogens (tertiary/aromatic N) is 4. The smallest absolute Gasteiger partial charge is 0.276 e. The van der Waals surface area contributed by atoms with Gasteiger partial charge in [-0.15, -0.1) is 0 Å². The summed E-state index contributed by atoms with van der Waals surface area (Å²) in [6.45, 7) is 8.20. The minimum absolute atomic E-state index is 0.191. The number of aryl methyl sites for hydroxylation is 1. The highest BCUT2D eigenvalue weighted by atomic mass is 32.1. The molecule has 0 aliphatic carbocycles. The summed E-state index contributed by atoms with van der Waals surface area (Å²) in [5, 5.41) is 8.99. The Morgan fingerprint density at radius 1 is 1.40 bits per heavy atom. The second kappa shape index (κ2) is 5.14. The van der Waals surface area contributed by atoms with Crippen LogP contribution >= 0.6 is 11.3 Å². The molecule has 1 saturated heterocycles. The fourth-order valence-corrected chi connectivity index (χ4v) is 3.59. The summed E-state index contributed by atoms with van der Waals surface area (Å²) >= 11 is 1.49. The summed E-state index contributed by atoms with van der Waals surface area (Å²) in [6.07, 6.45) is 0.855. The second-order valence-corrected chi connectivity index (χ2v) is 6.30. The van der Waals surface area contributed by atoms with Crippen molar-refractivity contribution in [1.29, 1.82) is 0 Å². The van der Waals surface area contributed by atoms with Gasteiger partial charge < -0.3 is 10.2 Å². The van der Waals surface area contributed by atoms with Gasteiger partial charge in [0, 0.05) is 31.2 Å². The lowest BCUT2D eigenvalue weighted by Gasteiger charge is -2.40. The SMILES string of the molecule is CCc1nn2c(N3C(C)CNCC3C)cc(=O)nc2s1. The zero-order chi connectivity index (χ0) is 14.3. The molecule has 20 heavy (non-hydrogen) atoms. The van der Waals surface area contributed by atoms with Gasteiger partial charge in [0.15, 0.2) is 0 Å². The standard InChI is InChI=1S/C13H19N5OS/c1-4-11-16-18-12(5-10(19)15-13(18)20-11)17-8(2)6-14-7-9(17)3/h5,8-9,14H,4,6-7H2,1-3H3. The highest BCUT2D eigenvalue weighted by molar-refractivity contribution is 7.16. The number of hydrogen-bond acceptors (Lipinski definition) is 6. The first-order valence-electron chi connectivity index (χ1n) is 6.99. The van der Waals surface area contributed by atoms with E-state index >= 15 is 0 Å². The van der Waals surface area contributed by atoms with E-state index in [9.17, 15) is 4.79 Å². The Morgan fingerprint density at radius 2 is 2.10 bits per heavy atom. The van der Waals surface area contributed by atoms with Crippen LogP contribution in [0.1, 0.15) is 25.8 Å². The molecular formula is C13H19N5OS. The molecule has 1 fully saturated rings. The molecule has 3 rings (SSSR count). The number of rotatable bonds is 2. The van der Waals surface area contributed by atoms with Crippen LogP contribution in [0.25, 0.3) is 4.96 Å². The lowest BCUT2D eigenvalue weighted by molar-refractivity contribution is 0.425. The average molecular weight is 293 g/mol. The van der Waals surface area contributed by atoms with Crippen molar-refractivity contribution in [3.63, 3.8) is 0 Å². The molecular weight excluding hydrogens is 274 g/mol. The van der Waals surface area contributed by atoms with E-state index in [1.807, 2.05) is 4.52 Å². The monoisotopic (exact) mass is 293 g/mol. The average Bonchev–Trinajstić information content (AvgIpc) is 2.81. The Labute approximate surface area is 121 Å². The van der Waals surface area contributed by atoms with Gasteiger partial charge in [0.05, 0.1) is 0 Å². The number of fused-ring (bicyclic) bond motifs is 1. The summed E-state index contributed by atoms with van der Waals surface area (Å²) < 4.78 is 1.82. The van der Waals surface area contributed by atoms with E-state index in [1.165, 1.54) is 11.3 Å². The van der Waals surface area contributed by atoms with Crippen molar-refractivity contribution in [3.8, 4) is 0 Å². The normalized spacial score (nSPS) is 23.4. The van der Waals surface area contributed by atoms with E-state index in [0.29, 0.717) is 17.0 Å². The van der Waals surface area contributed by atoms with Crippen LogP contribution in [0.5, 0.6) is 0 Å². The fourth-order valence-electron chi connectivity index (χ4n) is 2.75. The number of anilines is 1. The molecule has 3 heterocycles. The van der Waals surface area contributed by atoms with Crippen LogP contribution in [0.2, 0.25) is 0 Å². The van der Waals surface area contributed by atoms with Crippen molar-refractivity contribution >= 4 is 22.1 Å². The van der Waals surface area contributed by atoms with Crippen molar-refractivity contribution in [3.05, 3.63) is 21.4 Å². The molecule has 1 aliphatic rings. The van der Waals surface area contributed by atoms with Gasteiger partial charge in [-0.3, -0.25) is 4.79 Å². The minimum atomic E-state index is -0.191. The Kier molecular flexibility index (Phi) is 3.47. The van der Waals surface area contributed by atoms with Crippen LogP contribution in [0.3, 0.4) is 0 Å². The van der Waals surface area contributed by atoms with Gasteiger partial charge in [0.1, 0.15) is 10.8 Å². The van der Waals surface area contributed by atoms with Crippen LogP contribution in [-0.4, -0.2) is 39.8 Å². The lowest BCUT2D eigenvalue weighted by Crippen LogP contribution is -2.56. The third-order valence-electron chi connectivity index (χ3n) is 3.67. The van der Waals surface area contributed by atoms with Gasteiger partial charge in [0.25, 0.3) is 5.56 Å². The van der Waals surface area contributed by atoms with E-state index in [2.05, 4.69) is 41.1 Å². The summed E-state index contributed by atoms with van der Waals surface area (Å²) in [4.78, 5) is 18.9. The maximum Gasteiger partial charge on any atom is 0.276 e. The molecule has 6 nitrogen and oxygen atoms in total. The molecule has 0 bridgehead atoms. The Balaban J connectivity index is 2.18. The zero-order valence-electron chi connectivity index (χ0n) is 12.0. The number of nitrogens with one attached hydrogen (secondary N) is 1. The van der Waals surface area contributed by atoms with Crippen LogP contribution in [0, 0.1) is 0 Å². The van der Waals surface area contributed by atoms with Gasteiger partial charge in [-0.25, -0.2) is 0 Å². The Hall–Kier alpha value is -1.47. The van der Waals surface area contributed by atoms with E-state index in [1.54, 1.807) is 6.07 Å². The third-order valence-corrected chi connectivity index (χ3v) is 4.73. The first-order chi connectivity index (χ1) is 9.60. The molecule has 0 radical (unpaired) electrons. The van der Waals surface area contributed by atoms with Crippen molar-refractivity contribution in [1.82, 2.24) is 19.9 Å². The molecule has 0 spiro atoms. The number of piperazine rings is 1. The molecule has 108 valence electrons. The van der Waals surface area contributed by atoms with Crippen molar-refractivity contribution in [2.24, 2.45) is 0 Å². The highest BCUT2D eigenvalue weighted by Gasteiger charge is 2.27. The largest absolute Gasteiger partial charge is 0.348 e. The lowest BCUT2D eigenvalue weighted by atomic mass is 10.1. The van der Waals surface area contributed by atoms with Gasteiger partial charge >= 0.3 is 0 Å². The second-order valence-electron chi connectivity index (χ2n) is 5.26. The maximum atomic E-state index is 11.9. The maximum absolute atomic E-state index is 11.9. The summed E-state index contributed by atoms with van der Waals surface area (Å²) in [5.74, 6) is 0.859. The zero-order valence-corrected chi connectivity index (χ0v) is 12.8. The topological polar surface area (TPSA) is 62.5 Å². The molecule has 2 unspecified atom stereocenters. The summed E-state index contributed by atoms with van der Waals surface area (Å²) in [7, 11) is 0. The van der Waals surface area contributed by atoms with Crippen LogP contribution in [0.4, 0.5) is 5.82 Å². The fraction of sp³-hybridized carbons (Fsp3) is 0.615. The van der Waals surface area contributed by atoms with E-state index in [-0.39, 0.29) is 5.56 Å². The summed E-state index contributed by atoms with van der Waals surface area (Å²) in [6, 6.07) is 2.25. The number of aromatic nitrogens is 3. The highest BCUT2D eigenvalue weighted by Crippen LogP contribution is 2.23. The van der Waals surface area contributed by atoms with Crippen LogP contribution < -0.4 is 15.8 Å². The predicted molar refractivity (Wildman–Crippen MR) is 80.8 cm³/mol. The summed E-state index contributed by atoms with van der Waals surface area (Å²) in [5.41, 5.74) is -0.191. The van der Waals surface area contributed by atoms with E-state index in [0.717, 1.165) is 30.3 Å². The molecule has 2 aromatic rings. The Morgan fingerprint density at radius 3 is 2.75 bits per heavy atom. The van der Waals surface area contributed by atoms with Crippen molar-refractivity contribution in [2.75, 3.05) is 18.0 Å². The van der Waals surface area contributed by atoms with Crippen molar-refractivity contribution in [2.45, 2.75) is 39.3 Å². The molecule has 0 saturated carbocycles. The predicted octanol–water partition coefficient (Wildman–Crippen LogP) is 0.900. The van der Waals surface area contributed by atoms with Gasteiger partial charge in [-0.05, 0) is 20.3 Å². The minimum Gasteiger partial charge on any atom is -0.348 e. The van der Waals surface area contributed by atoms with Crippen LogP contribution in [0.15, 0.2) is 10.9 Å². The van der Waals surface area contributed by atoms with Crippen LogP contribution in [-0.2, 0) is 6.42 Å². The molecule has 1 N–H and O–H groups in total. The quantitative estimate of drug-likeness (QED) is 0.891. The van der Waals surface area contributed by atoms with Gasteiger partial charge in [0.2, 0.25) is 4.96 Å². The first-order valence-corrected chi connectivity index (χ1v) is 7.80. The van der Waals surface area contributed by atoms with Gasteiger partial charge in [-0.1, -0.05) is 18.3 Å². The molecule has 1 aliphatic heterocycles. The Bertz CT molecular complexity index is 669. The molecule has 7 heteroatoms. The molecule has 2 aromatic heterocycles. The van der Waals surface area contributed by atoms with E-state index in [4.69, 9.17) is 0 Å². The van der Waals surface area contributed by atoms with E-state index < -0.39 is 0 Å². The third kappa shape index (κ3) is 2.20. The first kappa shape index (κ1) is 13.5. The van der Waals surface area contributed by atoms with Gasteiger partial charge in [-0.2, -0.15) is 14.6 Å². The molecule has 2 atom stereocenters. The molecule has 0 amide bonds.